The van der Waals surface area contributed by atoms with Gasteiger partial charge in [-0.2, -0.15) is 0 Å². The first-order valence-corrected chi connectivity index (χ1v) is 3.69. The van der Waals surface area contributed by atoms with Gasteiger partial charge in [0.2, 0.25) is 0 Å². The molecule has 0 aromatic carbocycles. The Balaban J connectivity index is 2.44. The molecule has 1 saturated carbocycles. The van der Waals surface area contributed by atoms with Crippen molar-refractivity contribution in [2.45, 2.75) is 38.1 Å². The Morgan fingerprint density at radius 3 is 2.44 bits per heavy atom. The highest BCUT2D eigenvalue weighted by Gasteiger charge is 2.29. The van der Waals surface area contributed by atoms with E-state index >= 15 is 0 Å². The van der Waals surface area contributed by atoms with Gasteiger partial charge in [0.15, 0.2) is 0 Å². The van der Waals surface area contributed by atoms with Gasteiger partial charge in [-0.15, -0.1) is 0 Å². The van der Waals surface area contributed by atoms with Crippen LogP contribution >= 0.6 is 0 Å². The molecule has 0 saturated heterocycles. The summed E-state index contributed by atoms with van der Waals surface area (Å²) in [7, 11) is 5.72. The average Bonchev–Trinajstić information content (AvgIpc) is 2.12. The molecule has 0 aliphatic heterocycles. The lowest BCUT2D eigenvalue weighted by Crippen LogP contribution is -2.14. The van der Waals surface area contributed by atoms with E-state index in [-0.39, 0.29) is 11.9 Å². The molecule has 1 aliphatic rings. The molecule has 0 bridgehead atoms. The van der Waals surface area contributed by atoms with Crippen molar-refractivity contribution in [2.24, 2.45) is 5.92 Å². The summed E-state index contributed by atoms with van der Waals surface area (Å²) < 4.78 is 0. The largest absolute Gasteiger partial charge is 0.393 e. The van der Waals surface area contributed by atoms with Crippen LogP contribution in [-0.4, -0.2) is 19.1 Å². The molecule has 2 radical (unpaired) electrons. The average molecular weight is 124 g/mol. The van der Waals surface area contributed by atoms with Gasteiger partial charge < -0.3 is 5.11 Å². The molecule has 0 amide bonds. The lowest BCUT2D eigenvalue weighted by Gasteiger charge is -2.15. The highest BCUT2D eigenvalue weighted by atomic mass is 16.3. The predicted octanol–water partition coefficient (Wildman–Crippen LogP) is 1.12. The van der Waals surface area contributed by atoms with E-state index in [9.17, 15) is 5.11 Å². The zero-order valence-corrected chi connectivity index (χ0v) is 5.88. The second-order valence-electron chi connectivity index (χ2n) is 2.88. The SMILES string of the molecule is [B]C1CCC(O)C1CC. The van der Waals surface area contributed by atoms with Gasteiger partial charge in [0.25, 0.3) is 0 Å². The van der Waals surface area contributed by atoms with Crippen LogP contribution in [0.2, 0.25) is 5.82 Å². The lowest BCUT2D eigenvalue weighted by atomic mass is 9.77. The maximum absolute atomic E-state index is 9.28. The fourth-order valence-electron chi connectivity index (χ4n) is 1.65. The van der Waals surface area contributed by atoms with Crippen LogP contribution in [0.4, 0.5) is 0 Å². The highest BCUT2D eigenvalue weighted by Crippen LogP contribution is 2.36. The van der Waals surface area contributed by atoms with Gasteiger partial charge >= 0.3 is 0 Å². The molecule has 50 valence electrons. The minimum absolute atomic E-state index is 0.120. The van der Waals surface area contributed by atoms with Gasteiger partial charge in [-0.25, -0.2) is 0 Å². The number of aliphatic hydroxyl groups is 1. The van der Waals surface area contributed by atoms with Gasteiger partial charge in [-0.05, 0) is 12.3 Å². The Morgan fingerprint density at radius 1 is 1.56 bits per heavy atom. The molecule has 0 heterocycles. The maximum Gasteiger partial charge on any atom is 0.0704 e. The molecule has 1 aliphatic carbocycles. The molecule has 0 spiro atoms. The van der Waals surface area contributed by atoms with Gasteiger partial charge in [0.05, 0.1) is 14.0 Å². The van der Waals surface area contributed by atoms with Crippen molar-refractivity contribution in [1.29, 1.82) is 0 Å². The summed E-state index contributed by atoms with van der Waals surface area (Å²) in [5, 5.41) is 9.28. The van der Waals surface area contributed by atoms with Crippen LogP contribution < -0.4 is 0 Å². The topological polar surface area (TPSA) is 20.2 Å². The van der Waals surface area contributed by atoms with E-state index in [4.69, 9.17) is 7.85 Å². The summed E-state index contributed by atoms with van der Waals surface area (Å²) >= 11 is 0. The molecule has 1 nitrogen and oxygen atoms in total. The molecule has 1 rings (SSSR count). The molecule has 3 atom stereocenters. The lowest BCUT2D eigenvalue weighted by molar-refractivity contribution is 0.131. The zero-order valence-electron chi connectivity index (χ0n) is 5.88. The number of hydrogen-bond donors (Lipinski definition) is 1. The summed E-state index contributed by atoms with van der Waals surface area (Å²) in [6.45, 7) is 2.08. The molecule has 2 heteroatoms. The fraction of sp³-hybridized carbons (Fsp3) is 1.00. The monoisotopic (exact) mass is 124 g/mol. The molecule has 1 fully saturated rings. The Bertz CT molecular complexity index is 84.9. The van der Waals surface area contributed by atoms with Gasteiger partial charge in [0, 0.05) is 0 Å². The molecular weight excluding hydrogens is 111 g/mol. The molecule has 3 unspecified atom stereocenters. The Kier molecular flexibility index (Phi) is 2.17. The minimum Gasteiger partial charge on any atom is -0.393 e. The Hall–Kier alpha value is 0.0249. The standard InChI is InChI=1S/C7H13BO/c1-2-5-6(8)3-4-7(5)9/h5-7,9H,2-4H2,1H3. The van der Waals surface area contributed by atoms with Crippen molar-refractivity contribution >= 4 is 7.85 Å². The maximum atomic E-state index is 9.28. The Labute approximate surface area is 57.9 Å². The van der Waals surface area contributed by atoms with Crippen LogP contribution in [0.25, 0.3) is 0 Å². The quantitative estimate of drug-likeness (QED) is 0.519. The molecular formula is C7H13BO. The van der Waals surface area contributed by atoms with Crippen molar-refractivity contribution in [3.63, 3.8) is 0 Å². The van der Waals surface area contributed by atoms with Crippen molar-refractivity contribution < 1.29 is 5.11 Å². The first-order valence-electron chi connectivity index (χ1n) is 3.69. The summed E-state index contributed by atoms with van der Waals surface area (Å²) in [6.07, 6.45) is 2.80. The smallest absolute Gasteiger partial charge is 0.0704 e. The van der Waals surface area contributed by atoms with Crippen molar-refractivity contribution in [1.82, 2.24) is 0 Å². The van der Waals surface area contributed by atoms with Crippen molar-refractivity contribution in [3.8, 4) is 0 Å². The van der Waals surface area contributed by atoms with Crippen LogP contribution in [0.3, 0.4) is 0 Å². The van der Waals surface area contributed by atoms with Crippen LogP contribution in [-0.2, 0) is 0 Å². The third-order valence-electron chi connectivity index (χ3n) is 2.31. The first-order chi connectivity index (χ1) is 4.25. The van der Waals surface area contributed by atoms with E-state index in [1.54, 1.807) is 0 Å². The molecule has 1 N–H and O–H groups in total. The number of aliphatic hydroxyl groups excluding tert-OH is 1. The molecule has 0 aromatic rings. The predicted molar refractivity (Wildman–Crippen MR) is 38.5 cm³/mol. The van der Waals surface area contributed by atoms with Crippen LogP contribution in [0.5, 0.6) is 0 Å². The summed E-state index contributed by atoms with van der Waals surface area (Å²) in [4.78, 5) is 0. The van der Waals surface area contributed by atoms with Gasteiger partial charge in [0.1, 0.15) is 0 Å². The second kappa shape index (κ2) is 2.74. The van der Waals surface area contributed by atoms with Crippen molar-refractivity contribution in [2.75, 3.05) is 0 Å². The van der Waals surface area contributed by atoms with Crippen LogP contribution in [0.1, 0.15) is 26.2 Å². The number of rotatable bonds is 1. The molecule has 0 aromatic heterocycles. The second-order valence-corrected chi connectivity index (χ2v) is 2.88. The van der Waals surface area contributed by atoms with Gasteiger partial charge in [-0.1, -0.05) is 25.6 Å². The summed E-state index contributed by atoms with van der Waals surface area (Å²) in [5.74, 6) is 0.620. The third-order valence-corrected chi connectivity index (χ3v) is 2.31. The van der Waals surface area contributed by atoms with E-state index < -0.39 is 0 Å². The van der Waals surface area contributed by atoms with E-state index in [0.29, 0.717) is 5.92 Å². The first kappa shape index (κ1) is 7.14. The third kappa shape index (κ3) is 1.29. The number of hydrogen-bond acceptors (Lipinski definition) is 1. The zero-order chi connectivity index (χ0) is 6.85. The van der Waals surface area contributed by atoms with Gasteiger partial charge in [-0.3, -0.25) is 0 Å². The summed E-state index contributed by atoms with van der Waals surface area (Å²) in [5.41, 5.74) is 0. The van der Waals surface area contributed by atoms with Crippen molar-refractivity contribution in [3.05, 3.63) is 0 Å². The van der Waals surface area contributed by atoms with Crippen LogP contribution in [0.15, 0.2) is 0 Å². The van der Waals surface area contributed by atoms with Crippen LogP contribution in [0, 0.1) is 5.92 Å². The summed E-state index contributed by atoms with van der Waals surface area (Å²) in [6, 6.07) is 0. The minimum atomic E-state index is -0.120. The van der Waals surface area contributed by atoms with E-state index in [2.05, 4.69) is 6.92 Å². The highest BCUT2D eigenvalue weighted by molar-refractivity contribution is 6.12. The normalized spacial score (nSPS) is 43.6. The fourth-order valence-corrected chi connectivity index (χ4v) is 1.65. The van der Waals surface area contributed by atoms with E-state index in [0.717, 1.165) is 19.3 Å². The van der Waals surface area contributed by atoms with E-state index in [1.807, 2.05) is 0 Å². The Morgan fingerprint density at radius 2 is 2.22 bits per heavy atom. The molecule has 9 heavy (non-hydrogen) atoms. The van der Waals surface area contributed by atoms with E-state index in [1.165, 1.54) is 0 Å².